The summed E-state index contributed by atoms with van der Waals surface area (Å²) in [7, 11) is 0. The molecule has 0 unspecified atom stereocenters. The number of aromatic nitrogens is 2. The van der Waals surface area contributed by atoms with Crippen molar-refractivity contribution in [2.24, 2.45) is 0 Å². The van der Waals surface area contributed by atoms with Gasteiger partial charge in [0.15, 0.2) is 16.7 Å². The Kier molecular flexibility index (Phi) is 4.83. The summed E-state index contributed by atoms with van der Waals surface area (Å²) in [5.41, 5.74) is 1.80. The number of amides is 1. The van der Waals surface area contributed by atoms with Gasteiger partial charge < -0.3 is 14.8 Å². The summed E-state index contributed by atoms with van der Waals surface area (Å²) in [5.74, 6) is 1.91. The highest BCUT2D eigenvalue weighted by atomic mass is 32.2. The second kappa shape index (κ2) is 7.63. The summed E-state index contributed by atoms with van der Waals surface area (Å²) < 4.78 is 13.4. The normalized spacial score (nSPS) is 17.4. The summed E-state index contributed by atoms with van der Waals surface area (Å²) in [6.45, 7) is 1.14. The molecule has 0 bridgehead atoms. The molecule has 1 aliphatic heterocycles. The van der Waals surface area contributed by atoms with Gasteiger partial charge in [0.1, 0.15) is 13.2 Å². The number of carbonyl (C=O) groups excluding carboxylic acids is 1. The number of thioether (sulfide) groups is 1. The fourth-order valence-electron chi connectivity index (χ4n) is 4.26. The van der Waals surface area contributed by atoms with Crippen LogP contribution in [-0.4, -0.2) is 34.3 Å². The minimum absolute atomic E-state index is 0.0273. The first-order chi connectivity index (χ1) is 14.2. The van der Waals surface area contributed by atoms with Crippen molar-refractivity contribution in [2.45, 2.75) is 36.4 Å². The van der Waals surface area contributed by atoms with Crippen LogP contribution in [0.5, 0.6) is 11.5 Å². The second-order valence-corrected chi connectivity index (χ2v) is 8.46. The van der Waals surface area contributed by atoms with Crippen LogP contribution in [0.2, 0.25) is 0 Å². The highest BCUT2D eigenvalue weighted by molar-refractivity contribution is 7.99. The summed E-state index contributed by atoms with van der Waals surface area (Å²) in [6, 6.07) is 12.0. The molecule has 0 radical (unpaired) electrons. The van der Waals surface area contributed by atoms with E-state index in [-0.39, 0.29) is 11.4 Å². The lowest BCUT2D eigenvalue weighted by Crippen LogP contribution is -2.44. The van der Waals surface area contributed by atoms with Crippen LogP contribution in [0.25, 0.3) is 5.52 Å². The van der Waals surface area contributed by atoms with Gasteiger partial charge in [0.2, 0.25) is 5.91 Å². The lowest BCUT2D eigenvalue weighted by atomic mass is 9.87. The maximum Gasteiger partial charge on any atom is 0.231 e. The predicted molar refractivity (Wildman–Crippen MR) is 112 cm³/mol. The number of benzene rings is 1. The lowest BCUT2D eigenvalue weighted by Gasteiger charge is -2.32. The molecular formula is C22H23N3O3S. The number of ether oxygens (including phenoxy) is 2. The van der Waals surface area contributed by atoms with Gasteiger partial charge in [-0.05, 0) is 42.7 Å². The van der Waals surface area contributed by atoms with Crippen molar-refractivity contribution in [1.82, 2.24) is 14.7 Å². The summed E-state index contributed by atoms with van der Waals surface area (Å²) >= 11 is 1.46. The van der Waals surface area contributed by atoms with Gasteiger partial charge in [-0.25, -0.2) is 4.98 Å². The van der Waals surface area contributed by atoms with E-state index in [1.807, 2.05) is 47.1 Å². The number of hydrogen-bond donors (Lipinski definition) is 1. The van der Waals surface area contributed by atoms with Crippen molar-refractivity contribution in [3.63, 3.8) is 0 Å². The maximum absolute atomic E-state index is 12.9. The van der Waals surface area contributed by atoms with E-state index in [2.05, 4.69) is 16.4 Å². The minimum atomic E-state index is -0.331. The Morgan fingerprint density at radius 3 is 2.83 bits per heavy atom. The Bertz CT molecular complexity index is 1040. The molecule has 1 fully saturated rings. The molecule has 1 amide bonds. The number of fused-ring (bicyclic) bond motifs is 2. The molecule has 0 spiro atoms. The highest BCUT2D eigenvalue weighted by Gasteiger charge is 2.37. The van der Waals surface area contributed by atoms with E-state index < -0.39 is 0 Å². The molecule has 0 saturated heterocycles. The average molecular weight is 410 g/mol. The van der Waals surface area contributed by atoms with Crippen molar-refractivity contribution in [3.05, 3.63) is 54.4 Å². The Hall–Kier alpha value is -2.67. The molecule has 7 heteroatoms. The Balaban J connectivity index is 1.32. The van der Waals surface area contributed by atoms with Gasteiger partial charge in [-0.15, -0.1) is 0 Å². The highest BCUT2D eigenvalue weighted by Crippen LogP contribution is 2.42. The second-order valence-electron chi connectivity index (χ2n) is 7.52. The van der Waals surface area contributed by atoms with E-state index in [4.69, 9.17) is 9.47 Å². The number of nitrogens with one attached hydrogen (secondary N) is 1. The van der Waals surface area contributed by atoms with Crippen molar-refractivity contribution >= 4 is 23.2 Å². The molecule has 6 nitrogen and oxygen atoms in total. The average Bonchev–Trinajstić information content (AvgIpc) is 3.40. The van der Waals surface area contributed by atoms with Crippen LogP contribution < -0.4 is 14.8 Å². The van der Waals surface area contributed by atoms with Crippen molar-refractivity contribution in [1.29, 1.82) is 0 Å². The summed E-state index contributed by atoms with van der Waals surface area (Å²) in [5, 5.41) is 4.16. The first-order valence-corrected chi connectivity index (χ1v) is 11.0. The molecule has 2 aliphatic rings. The Labute approximate surface area is 173 Å². The van der Waals surface area contributed by atoms with Crippen LogP contribution in [0.4, 0.5) is 0 Å². The van der Waals surface area contributed by atoms with Crippen LogP contribution in [0, 0.1) is 0 Å². The Morgan fingerprint density at radius 1 is 1.14 bits per heavy atom. The van der Waals surface area contributed by atoms with Crippen LogP contribution in [0.15, 0.2) is 53.9 Å². The monoisotopic (exact) mass is 409 g/mol. The van der Waals surface area contributed by atoms with Crippen LogP contribution >= 0.6 is 11.8 Å². The number of rotatable bonds is 5. The third-order valence-corrected chi connectivity index (χ3v) is 6.63. The lowest BCUT2D eigenvalue weighted by molar-refractivity contribution is -0.120. The van der Waals surface area contributed by atoms with E-state index in [9.17, 15) is 4.79 Å². The molecule has 5 rings (SSSR count). The van der Waals surface area contributed by atoms with E-state index in [1.54, 1.807) is 0 Å². The molecule has 1 N–H and O–H groups in total. The molecular weight excluding hydrogens is 386 g/mol. The molecule has 150 valence electrons. The Morgan fingerprint density at radius 2 is 1.97 bits per heavy atom. The number of nitrogens with zero attached hydrogens (tertiary/aromatic N) is 2. The van der Waals surface area contributed by atoms with E-state index in [0.29, 0.717) is 19.0 Å². The van der Waals surface area contributed by atoms with Crippen molar-refractivity contribution in [2.75, 3.05) is 19.0 Å². The third kappa shape index (κ3) is 3.55. The fraction of sp³-hybridized carbons (Fsp3) is 0.364. The van der Waals surface area contributed by atoms with Crippen LogP contribution in [0.3, 0.4) is 0 Å². The number of pyridine rings is 1. The standard InChI is InChI=1S/C22H23N3O3S/c26-20(15-29-21-23-14-17-5-1-4-10-25(17)21)24-22(8-2-3-9-22)16-6-7-18-19(13-16)28-12-11-27-18/h1,4-7,10,13-14H,2-3,8-9,11-12,15H2,(H,24,26). The summed E-state index contributed by atoms with van der Waals surface area (Å²) in [4.78, 5) is 17.3. The molecule has 1 aromatic carbocycles. The van der Waals surface area contributed by atoms with Crippen LogP contribution in [0.1, 0.15) is 31.2 Å². The zero-order chi connectivity index (χ0) is 19.7. The number of imidazole rings is 1. The number of carbonyl (C=O) groups is 1. The van der Waals surface area contributed by atoms with Gasteiger partial charge in [0, 0.05) is 6.20 Å². The SMILES string of the molecule is O=C(CSc1ncc2ccccn12)NC1(c2ccc3c(c2)OCCO3)CCCC1. The minimum Gasteiger partial charge on any atom is -0.486 e. The predicted octanol–water partition coefficient (Wildman–Crippen LogP) is 3.78. The zero-order valence-electron chi connectivity index (χ0n) is 16.1. The third-order valence-electron chi connectivity index (χ3n) is 5.67. The van der Waals surface area contributed by atoms with E-state index >= 15 is 0 Å². The first kappa shape index (κ1) is 18.4. The van der Waals surface area contributed by atoms with Crippen molar-refractivity contribution in [3.8, 4) is 11.5 Å². The molecule has 3 heterocycles. The van der Waals surface area contributed by atoms with Gasteiger partial charge >= 0.3 is 0 Å². The molecule has 2 aromatic heterocycles. The van der Waals surface area contributed by atoms with Gasteiger partial charge in [0.05, 0.1) is 23.0 Å². The van der Waals surface area contributed by atoms with Gasteiger partial charge in [0.25, 0.3) is 0 Å². The largest absolute Gasteiger partial charge is 0.486 e. The zero-order valence-corrected chi connectivity index (χ0v) is 16.9. The molecule has 1 saturated carbocycles. The molecule has 1 aliphatic carbocycles. The maximum atomic E-state index is 12.9. The first-order valence-electron chi connectivity index (χ1n) is 10.00. The smallest absolute Gasteiger partial charge is 0.231 e. The van der Waals surface area contributed by atoms with Gasteiger partial charge in [-0.1, -0.05) is 36.7 Å². The van der Waals surface area contributed by atoms with E-state index in [1.165, 1.54) is 11.8 Å². The fourth-order valence-corrected chi connectivity index (χ4v) is 5.03. The van der Waals surface area contributed by atoms with Crippen molar-refractivity contribution < 1.29 is 14.3 Å². The molecule has 0 atom stereocenters. The quantitative estimate of drug-likeness (QED) is 0.650. The topological polar surface area (TPSA) is 64.9 Å². The summed E-state index contributed by atoms with van der Waals surface area (Å²) in [6.07, 6.45) is 7.88. The molecule has 3 aromatic rings. The van der Waals surface area contributed by atoms with E-state index in [0.717, 1.165) is 53.4 Å². The van der Waals surface area contributed by atoms with Gasteiger partial charge in [-0.3, -0.25) is 9.20 Å². The molecule has 29 heavy (non-hydrogen) atoms. The number of hydrogen-bond acceptors (Lipinski definition) is 5. The van der Waals surface area contributed by atoms with Gasteiger partial charge in [-0.2, -0.15) is 0 Å². The van der Waals surface area contributed by atoms with Crippen LogP contribution in [-0.2, 0) is 10.3 Å².